The Morgan fingerprint density at radius 3 is 2.67 bits per heavy atom. The lowest BCUT2D eigenvalue weighted by Gasteiger charge is -2.06. The molecule has 3 aromatic rings. The number of amides is 1. The minimum atomic E-state index is -0.284. The van der Waals surface area contributed by atoms with Gasteiger partial charge in [-0.05, 0) is 32.9 Å². The molecule has 0 unspecified atom stereocenters. The van der Waals surface area contributed by atoms with E-state index in [9.17, 15) is 4.79 Å². The van der Waals surface area contributed by atoms with Gasteiger partial charge in [-0.3, -0.25) is 14.8 Å². The maximum atomic E-state index is 12.4. The van der Waals surface area contributed by atoms with Gasteiger partial charge in [0.05, 0.1) is 10.0 Å². The number of hydrogen-bond acceptors (Lipinski definition) is 5. The number of thiophene rings is 1. The zero-order valence-electron chi connectivity index (χ0n) is 13.1. The monoisotopic (exact) mass is 400 g/mol. The van der Waals surface area contributed by atoms with E-state index >= 15 is 0 Å². The first-order valence-electron chi connectivity index (χ1n) is 7.13. The molecule has 24 heavy (non-hydrogen) atoms. The quantitative estimate of drug-likeness (QED) is 0.627. The van der Waals surface area contributed by atoms with Gasteiger partial charge in [0, 0.05) is 22.7 Å². The van der Waals surface area contributed by atoms with Crippen LogP contribution in [0.5, 0.6) is 0 Å². The predicted octanol–water partition coefficient (Wildman–Crippen LogP) is 5.52. The SMILES string of the molecule is Cc1cc(C(=O)Nc2nc(-c3cc(Cl)sc3Cl)cs2)nn1C(C)C. The molecule has 0 radical (unpaired) electrons. The van der Waals surface area contributed by atoms with Crippen LogP contribution in [0.3, 0.4) is 0 Å². The molecule has 0 atom stereocenters. The molecule has 3 aromatic heterocycles. The van der Waals surface area contributed by atoms with E-state index in [0.29, 0.717) is 25.2 Å². The molecule has 1 N–H and O–H groups in total. The summed E-state index contributed by atoms with van der Waals surface area (Å²) >= 11 is 14.7. The Kier molecular flexibility index (Phi) is 4.96. The maximum absolute atomic E-state index is 12.4. The predicted molar refractivity (Wildman–Crippen MR) is 101 cm³/mol. The van der Waals surface area contributed by atoms with Crippen molar-refractivity contribution >= 4 is 56.9 Å². The zero-order valence-corrected chi connectivity index (χ0v) is 16.3. The van der Waals surface area contributed by atoms with Crippen LogP contribution in [0.15, 0.2) is 17.5 Å². The van der Waals surface area contributed by atoms with Gasteiger partial charge < -0.3 is 0 Å². The van der Waals surface area contributed by atoms with Crippen LogP contribution < -0.4 is 5.32 Å². The summed E-state index contributed by atoms with van der Waals surface area (Å²) in [6, 6.07) is 3.73. The van der Waals surface area contributed by atoms with E-state index < -0.39 is 0 Å². The number of nitrogens with zero attached hydrogens (tertiary/aromatic N) is 3. The summed E-state index contributed by atoms with van der Waals surface area (Å²) in [7, 11) is 0. The van der Waals surface area contributed by atoms with Gasteiger partial charge in [0.1, 0.15) is 4.34 Å². The van der Waals surface area contributed by atoms with Gasteiger partial charge in [-0.25, -0.2) is 4.98 Å². The van der Waals surface area contributed by atoms with Crippen LogP contribution >= 0.6 is 45.9 Å². The summed E-state index contributed by atoms with van der Waals surface area (Å²) in [5.41, 5.74) is 2.76. The van der Waals surface area contributed by atoms with Gasteiger partial charge in [-0.2, -0.15) is 5.10 Å². The molecule has 3 rings (SSSR count). The van der Waals surface area contributed by atoms with Crippen molar-refractivity contribution in [2.24, 2.45) is 0 Å². The molecule has 0 bridgehead atoms. The van der Waals surface area contributed by atoms with Crippen LogP contribution in [0.25, 0.3) is 11.3 Å². The number of thiazole rings is 1. The largest absolute Gasteiger partial charge is 0.296 e. The van der Waals surface area contributed by atoms with Crippen LogP contribution in [0.1, 0.15) is 36.1 Å². The Hall–Kier alpha value is -1.41. The van der Waals surface area contributed by atoms with Crippen molar-refractivity contribution in [3.63, 3.8) is 0 Å². The van der Waals surface area contributed by atoms with Gasteiger partial charge in [-0.15, -0.1) is 22.7 Å². The Balaban J connectivity index is 1.78. The third-order valence-corrected chi connectivity index (χ3v) is 5.55. The Morgan fingerprint density at radius 1 is 1.33 bits per heavy atom. The average Bonchev–Trinajstić information content (AvgIpc) is 3.18. The van der Waals surface area contributed by atoms with Crippen LogP contribution in [0, 0.1) is 6.92 Å². The molecular weight excluding hydrogens is 387 g/mol. The molecular formula is C15H14Cl2N4OS2. The minimum Gasteiger partial charge on any atom is -0.296 e. The number of halogens is 2. The zero-order chi connectivity index (χ0) is 17.4. The van der Waals surface area contributed by atoms with Crippen LogP contribution in [-0.2, 0) is 0 Å². The van der Waals surface area contributed by atoms with Crippen LogP contribution in [-0.4, -0.2) is 20.7 Å². The number of anilines is 1. The van der Waals surface area contributed by atoms with Gasteiger partial charge in [0.25, 0.3) is 5.91 Å². The molecule has 1 amide bonds. The minimum absolute atomic E-state index is 0.198. The third kappa shape index (κ3) is 3.49. The highest BCUT2D eigenvalue weighted by Gasteiger charge is 2.17. The Morgan fingerprint density at radius 2 is 2.08 bits per heavy atom. The number of hydrogen-bond donors (Lipinski definition) is 1. The van der Waals surface area contributed by atoms with Crippen molar-refractivity contribution in [1.82, 2.24) is 14.8 Å². The molecule has 0 spiro atoms. The summed E-state index contributed by atoms with van der Waals surface area (Å²) in [5.74, 6) is -0.284. The number of carbonyl (C=O) groups excluding carboxylic acids is 1. The first-order valence-corrected chi connectivity index (χ1v) is 9.58. The van der Waals surface area contributed by atoms with Crippen molar-refractivity contribution in [3.8, 4) is 11.3 Å². The van der Waals surface area contributed by atoms with Gasteiger partial charge >= 0.3 is 0 Å². The van der Waals surface area contributed by atoms with Crippen molar-refractivity contribution in [2.75, 3.05) is 5.32 Å². The molecule has 9 heteroatoms. The Bertz CT molecular complexity index is 897. The summed E-state index contributed by atoms with van der Waals surface area (Å²) in [4.78, 5) is 16.8. The van der Waals surface area contributed by atoms with E-state index in [1.807, 2.05) is 30.8 Å². The lowest BCUT2D eigenvalue weighted by Crippen LogP contribution is -2.13. The van der Waals surface area contributed by atoms with E-state index in [-0.39, 0.29) is 11.9 Å². The molecule has 0 fully saturated rings. The molecule has 3 heterocycles. The molecule has 5 nitrogen and oxygen atoms in total. The van der Waals surface area contributed by atoms with Gasteiger partial charge in [0.2, 0.25) is 0 Å². The molecule has 0 saturated carbocycles. The fraction of sp³-hybridized carbons (Fsp3) is 0.267. The number of rotatable bonds is 4. The lowest BCUT2D eigenvalue weighted by atomic mass is 10.3. The van der Waals surface area contributed by atoms with Crippen LogP contribution in [0.2, 0.25) is 8.67 Å². The van der Waals surface area contributed by atoms with Crippen molar-refractivity contribution in [2.45, 2.75) is 26.8 Å². The summed E-state index contributed by atoms with van der Waals surface area (Å²) in [6.45, 7) is 5.96. The second kappa shape index (κ2) is 6.84. The van der Waals surface area contributed by atoms with Gasteiger partial charge in [0.15, 0.2) is 10.8 Å². The maximum Gasteiger partial charge on any atom is 0.277 e. The Labute approximate surface area is 157 Å². The molecule has 0 aliphatic carbocycles. The van der Waals surface area contributed by atoms with E-state index in [2.05, 4.69) is 15.4 Å². The van der Waals surface area contributed by atoms with Crippen molar-refractivity contribution < 1.29 is 4.79 Å². The standard InChI is InChI=1S/C15H14Cl2N4OS2/c1-7(2)21-8(3)4-10(20-21)14(22)19-15-18-11(6-23-15)9-5-12(16)24-13(9)17/h4-7H,1-3H3,(H,18,19,22). The summed E-state index contributed by atoms with van der Waals surface area (Å²) in [5, 5.41) is 9.43. The van der Waals surface area contributed by atoms with E-state index in [0.717, 1.165) is 11.3 Å². The normalized spacial score (nSPS) is 11.2. The topological polar surface area (TPSA) is 59.8 Å². The fourth-order valence-corrected chi connectivity index (χ4v) is 4.44. The third-order valence-electron chi connectivity index (χ3n) is 3.30. The molecule has 0 aliphatic heterocycles. The van der Waals surface area contributed by atoms with Crippen molar-refractivity contribution in [1.29, 1.82) is 0 Å². The van der Waals surface area contributed by atoms with E-state index in [1.165, 1.54) is 22.7 Å². The van der Waals surface area contributed by atoms with E-state index in [1.54, 1.807) is 12.1 Å². The van der Waals surface area contributed by atoms with Crippen LogP contribution in [0.4, 0.5) is 5.13 Å². The van der Waals surface area contributed by atoms with Crippen molar-refractivity contribution in [3.05, 3.63) is 37.6 Å². The molecule has 126 valence electrons. The number of aromatic nitrogens is 3. The summed E-state index contributed by atoms with van der Waals surface area (Å²) in [6.07, 6.45) is 0. The lowest BCUT2D eigenvalue weighted by molar-refractivity contribution is 0.102. The highest BCUT2D eigenvalue weighted by atomic mass is 35.5. The van der Waals surface area contributed by atoms with Gasteiger partial charge in [-0.1, -0.05) is 23.2 Å². The fourth-order valence-electron chi connectivity index (χ4n) is 2.25. The number of aryl methyl sites for hydroxylation is 1. The first-order chi connectivity index (χ1) is 11.3. The average molecular weight is 401 g/mol. The number of nitrogens with one attached hydrogen (secondary N) is 1. The highest BCUT2D eigenvalue weighted by Crippen LogP contribution is 2.39. The smallest absolute Gasteiger partial charge is 0.277 e. The second-order valence-corrected chi connectivity index (χ2v) is 8.58. The first kappa shape index (κ1) is 17.4. The highest BCUT2D eigenvalue weighted by molar-refractivity contribution is 7.20. The summed E-state index contributed by atoms with van der Waals surface area (Å²) < 4.78 is 2.99. The number of carbonyl (C=O) groups is 1. The second-order valence-electron chi connectivity index (χ2n) is 5.44. The molecule has 0 aliphatic rings. The van der Waals surface area contributed by atoms with E-state index in [4.69, 9.17) is 23.2 Å². The molecule has 0 saturated heterocycles. The molecule has 0 aromatic carbocycles.